The summed E-state index contributed by atoms with van der Waals surface area (Å²) >= 11 is 0. The third kappa shape index (κ3) is 14.7. The van der Waals surface area contributed by atoms with Crippen molar-refractivity contribution in [3.63, 3.8) is 0 Å². The Balaban J connectivity index is -0.000000386. The van der Waals surface area contributed by atoms with Gasteiger partial charge in [-0.1, -0.05) is 0 Å². The molecule has 0 saturated heterocycles. The highest BCUT2D eigenvalue weighted by molar-refractivity contribution is 5.84. The fourth-order valence-electron chi connectivity index (χ4n) is 1.28. The molecule has 0 heterocycles. The van der Waals surface area contributed by atoms with E-state index in [1.807, 2.05) is 0 Å². The molecule has 182 valence electrons. The second-order valence-electron chi connectivity index (χ2n) is 5.69. The number of hydrogen-bond acceptors (Lipinski definition) is 15. The summed E-state index contributed by atoms with van der Waals surface area (Å²) < 4.78 is 0. The lowest BCUT2D eigenvalue weighted by atomic mass is 10.0. The minimum absolute atomic E-state index is 0.0258. The van der Waals surface area contributed by atoms with Crippen molar-refractivity contribution in [1.29, 1.82) is 0 Å². The third-order valence-electron chi connectivity index (χ3n) is 3.23. The smallest absolute Gasteiger partial charge is 0.189 e. The highest BCUT2D eigenvalue weighted by Gasteiger charge is 2.30. The van der Waals surface area contributed by atoms with Crippen LogP contribution < -0.4 is 0 Å². The first-order chi connectivity index (χ1) is 13.9. The molecule has 0 aliphatic heterocycles. The number of Topliss-reactive ketones (excluding diaryl/α,β-unsaturated/α-hetero) is 1. The Kier molecular flexibility index (Phi) is 22.0. The Hall–Kier alpha value is -1.18. The molecule has 0 aromatic carbocycles. The van der Waals surface area contributed by atoms with Gasteiger partial charge in [0.1, 0.15) is 55.4 Å². The Morgan fingerprint density at radius 3 is 1.30 bits per heavy atom. The summed E-state index contributed by atoms with van der Waals surface area (Å²) in [5.41, 5.74) is 0. The van der Waals surface area contributed by atoms with Crippen LogP contribution in [0.15, 0.2) is 0 Å². The van der Waals surface area contributed by atoms with Crippen molar-refractivity contribution in [2.75, 3.05) is 33.0 Å². The van der Waals surface area contributed by atoms with Gasteiger partial charge < -0.3 is 71.2 Å². The summed E-state index contributed by atoms with van der Waals surface area (Å²) in [5.74, 6) is -1.00. The summed E-state index contributed by atoms with van der Waals surface area (Å²) in [6.07, 6.45) is -13.0. The van der Waals surface area contributed by atoms with E-state index in [9.17, 15) is 9.59 Å². The van der Waals surface area contributed by atoms with Crippen molar-refractivity contribution in [1.82, 2.24) is 0 Å². The zero-order chi connectivity index (χ0) is 24.4. The molecule has 15 heteroatoms. The molecule has 0 spiro atoms. The van der Waals surface area contributed by atoms with Gasteiger partial charge in [0.05, 0.1) is 26.4 Å². The number of hydrogen-bond donors (Lipinski definition) is 13. The monoisotopic (exact) mass is 452 g/mol. The maximum atomic E-state index is 10.5. The molecule has 0 aromatic heterocycles. The van der Waals surface area contributed by atoms with Crippen LogP contribution in [0, 0.1) is 0 Å². The molecule has 0 bridgehead atoms. The summed E-state index contributed by atoms with van der Waals surface area (Å²) in [4.78, 5) is 20.4. The molecular formula is C15H32O15. The lowest BCUT2D eigenvalue weighted by Gasteiger charge is -2.22. The number of carbonyl (C=O) groups excluding carboxylic acids is 2. The van der Waals surface area contributed by atoms with E-state index in [0.717, 1.165) is 0 Å². The van der Waals surface area contributed by atoms with Gasteiger partial charge in [-0.05, 0) is 0 Å². The minimum Gasteiger partial charge on any atom is -0.394 e. The molecule has 7 atom stereocenters. The van der Waals surface area contributed by atoms with Crippen LogP contribution in [0.25, 0.3) is 0 Å². The lowest BCUT2D eigenvalue weighted by molar-refractivity contribution is -0.142. The summed E-state index contributed by atoms with van der Waals surface area (Å²) in [6, 6.07) is 0. The Morgan fingerprint density at radius 2 is 1.03 bits per heavy atom. The predicted octanol–water partition coefficient (Wildman–Crippen LogP) is -8.42. The maximum absolute atomic E-state index is 10.5. The number of aliphatic hydroxyl groups is 13. The molecule has 13 N–H and O–H groups in total. The number of carbonyl (C=O) groups is 2. The topological polar surface area (TPSA) is 297 Å². The number of ketones is 1. The van der Waals surface area contributed by atoms with Crippen LogP contribution in [0.4, 0.5) is 0 Å². The van der Waals surface area contributed by atoms with Crippen molar-refractivity contribution >= 4 is 12.1 Å². The van der Waals surface area contributed by atoms with Gasteiger partial charge >= 0.3 is 0 Å². The molecule has 0 fully saturated rings. The molecule has 0 aliphatic carbocycles. The van der Waals surface area contributed by atoms with Gasteiger partial charge in [0.25, 0.3) is 0 Å². The van der Waals surface area contributed by atoms with Crippen molar-refractivity contribution < 1.29 is 76.0 Å². The quantitative estimate of drug-likeness (QED) is 0.122. The van der Waals surface area contributed by atoms with Crippen LogP contribution >= 0.6 is 0 Å². The van der Waals surface area contributed by atoms with Crippen molar-refractivity contribution in [2.24, 2.45) is 0 Å². The fourth-order valence-corrected chi connectivity index (χ4v) is 1.28. The van der Waals surface area contributed by atoms with Gasteiger partial charge in [-0.3, -0.25) is 4.79 Å². The second-order valence-corrected chi connectivity index (χ2v) is 5.69. The molecule has 0 saturated carbocycles. The van der Waals surface area contributed by atoms with Gasteiger partial charge in [-0.25, -0.2) is 0 Å². The summed E-state index contributed by atoms with van der Waals surface area (Å²) in [6.45, 7) is -3.18. The molecule has 15 nitrogen and oxygen atoms in total. The van der Waals surface area contributed by atoms with E-state index in [2.05, 4.69) is 0 Å². The number of rotatable bonds is 12. The molecule has 0 aromatic rings. The van der Waals surface area contributed by atoms with Crippen molar-refractivity contribution in [2.45, 2.75) is 48.8 Å². The van der Waals surface area contributed by atoms with Gasteiger partial charge in [0.15, 0.2) is 12.1 Å². The SMILES string of the molecule is O=C(CO)[C@@H](O)[C@H](O)[C@@H](O)CO.O=C[C@H](O)[C@@H](O)[C@@H](O)[C@H](O)CO.OCC(O)CO. The van der Waals surface area contributed by atoms with E-state index >= 15 is 0 Å². The van der Waals surface area contributed by atoms with Crippen LogP contribution in [0.2, 0.25) is 0 Å². The average Bonchev–Trinajstić information content (AvgIpc) is 2.79. The largest absolute Gasteiger partial charge is 0.394 e. The van der Waals surface area contributed by atoms with E-state index in [1.54, 1.807) is 0 Å². The summed E-state index contributed by atoms with van der Waals surface area (Å²) in [7, 11) is 0. The third-order valence-corrected chi connectivity index (χ3v) is 3.23. The average molecular weight is 452 g/mol. The number of aldehydes is 1. The number of aliphatic hydroxyl groups excluding tert-OH is 13. The molecular weight excluding hydrogens is 420 g/mol. The molecule has 0 amide bonds. The molecule has 0 radical (unpaired) electrons. The molecule has 0 rings (SSSR count). The van der Waals surface area contributed by atoms with Crippen LogP contribution in [0.3, 0.4) is 0 Å². The maximum Gasteiger partial charge on any atom is 0.189 e. The summed E-state index contributed by atoms with van der Waals surface area (Å²) in [5, 5.41) is 111. The first-order valence-corrected chi connectivity index (χ1v) is 8.36. The Labute approximate surface area is 171 Å². The lowest BCUT2D eigenvalue weighted by Crippen LogP contribution is -2.46. The van der Waals surface area contributed by atoms with Crippen LogP contribution in [-0.2, 0) is 9.59 Å². The van der Waals surface area contributed by atoms with E-state index in [4.69, 9.17) is 66.4 Å². The van der Waals surface area contributed by atoms with E-state index in [1.165, 1.54) is 0 Å². The van der Waals surface area contributed by atoms with E-state index in [0.29, 0.717) is 0 Å². The van der Waals surface area contributed by atoms with Gasteiger partial charge in [-0.2, -0.15) is 0 Å². The second kappa shape index (κ2) is 19.8. The van der Waals surface area contributed by atoms with Gasteiger partial charge in [0, 0.05) is 0 Å². The van der Waals surface area contributed by atoms with Crippen LogP contribution in [-0.4, -0.2) is 160 Å². The predicted molar refractivity (Wildman–Crippen MR) is 94.6 cm³/mol. The van der Waals surface area contributed by atoms with Crippen molar-refractivity contribution in [3.8, 4) is 0 Å². The Morgan fingerprint density at radius 1 is 0.633 bits per heavy atom. The van der Waals surface area contributed by atoms with Gasteiger partial charge in [0.2, 0.25) is 0 Å². The van der Waals surface area contributed by atoms with E-state index in [-0.39, 0.29) is 19.5 Å². The zero-order valence-electron chi connectivity index (χ0n) is 15.9. The van der Waals surface area contributed by atoms with E-state index < -0.39 is 74.4 Å². The van der Waals surface area contributed by atoms with Crippen LogP contribution in [0.5, 0.6) is 0 Å². The Bertz CT molecular complexity index is 419. The molecule has 30 heavy (non-hydrogen) atoms. The normalized spacial score (nSPS) is 17.8. The first kappa shape index (κ1) is 33.5. The van der Waals surface area contributed by atoms with Gasteiger partial charge in [-0.15, -0.1) is 0 Å². The highest BCUT2D eigenvalue weighted by Crippen LogP contribution is 2.03. The first-order valence-electron chi connectivity index (χ1n) is 8.36. The zero-order valence-corrected chi connectivity index (χ0v) is 15.9. The highest BCUT2D eigenvalue weighted by atomic mass is 16.4. The van der Waals surface area contributed by atoms with Crippen LogP contribution in [0.1, 0.15) is 0 Å². The van der Waals surface area contributed by atoms with Crippen molar-refractivity contribution in [3.05, 3.63) is 0 Å². The fraction of sp³-hybridized carbons (Fsp3) is 0.867. The molecule has 0 unspecified atom stereocenters. The molecule has 0 aliphatic rings. The standard InChI is InChI=1S/2C6H12O6.C3H8O3/c2*7-1-3(9)5(11)6(12)4(10)2-8;4-1-3(6)2-5/h3,5-9,11-12H,1-2H2;1,3-6,8-12H,2H2;3-6H,1-2H2/t3-,5+,6+;3-,4+,5+,6-;/m00./s1. The minimum atomic E-state index is -1.86.